The van der Waals surface area contributed by atoms with Crippen LogP contribution >= 0.6 is 11.6 Å². The number of halogens is 1. The minimum Gasteiger partial charge on any atom is -0.391 e. The Bertz CT molecular complexity index is 407. The van der Waals surface area contributed by atoms with Gasteiger partial charge in [-0.3, -0.25) is 4.79 Å². The van der Waals surface area contributed by atoms with Crippen molar-refractivity contribution in [3.63, 3.8) is 0 Å². The number of hydrogen-bond donors (Lipinski definition) is 2. The zero-order valence-corrected chi connectivity index (χ0v) is 10.1. The van der Waals surface area contributed by atoms with E-state index in [4.69, 9.17) is 17.3 Å². The smallest absolute Gasteiger partial charge is 0.222 e. The number of nitrogens with two attached hydrogens (primary N) is 1. The van der Waals surface area contributed by atoms with Crippen molar-refractivity contribution in [1.29, 1.82) is 0 Å². The molecule has 1 aromatic rings. The highest BCUT2D eigenvalue weighted by Crippen LogP contribution is 2.24. The third-order valence-electron chi connectivity index (χ3n) is 3.02. The molecule has 2 unspecified atom stereocenters. The van der Waals surface area contributed by atoms with Gasteiger partial charge in [0.2, 0.25) is 5.91 Å². The Kier molecular flexibility index (Phi) is 3.54. The normalized spacial score (nSPS) is 24.7. The molecule has 0 radical (unpaired) electrons. The number of anilines is 1. The molecule has 0 aliphatic carbocycles. The van der Waals surface area contributed by atoms with Gasteiger partial charge in [0.1, 0.15) is 0 Å². The Hall–Kier alpha value is -1.26. The van der Waals surface area contributed by atoms with Crippen LogP contribution in [0.25, 0.3) is 0 Å². The van der Waals surface area contributed by atoms with E-state index >= 15 is 0 Å². The second-order valence-electron chi connectivity index (χ2n) is 4.37. The molecule has 4 nitrogen and oxygen atoms in total. The number of amides is 1. The maximum absolute atomic E-state index is 11.2. The Morgan fingerprint density at radius 2 is 2.00 bits per heavy atom. The Morgan fingerprint density at radius 3 is 2.59 bits per heavy atom. The van der Waals surface area contributed by atoms with Gasteiger partial charge < -0.3 is 15.7 Å². The van der Waals surface area contributed by atoms with Crippen molar-refractivity contribution in [1.82, 2.24) is 0 Å². The third-order valence-corrected chi connectivity index (χ3v) is 3.27. The molecule has 0 spiro atoms. The van der Waals surface area contributed by atoms with E-state index in [9.17, 15) is 9.90 Å². The molecule has 2 atom stereocenters. The minimum atomic E-state index is -0.517. The molecule has 1 aromatic carbocycles. The van der Waals surface area contributed by atoms with Crippen LogP contribution in [-0.4, -0.2) is 30.2 Å². The van der Waals surface area contributed by atoms with Gasteiger partial charge in [0, 0.05) is 23.8 Å². The van der Waals surface area contributed by atoms with E-state index in [-0.39, 0.29) is 11.8 Å². The molecule has 5 heteroatoms. The summed E-state index contributed by atoms with van der Waals surface area (Å²) >= 11 is 5.82. The molecule has 92 valence electrons. The topological polar surface area (TPSA) is 66.6 Å². The Labute approximate surface area is 105 Å². The number of hydrogen-bond acceptors (Lipinski definition) is 3. The molecule has 1 aliphatic rings. The van der Waals surface area contributed by atoms with E-state index in [1.165, 1.54) is 0 Å². The van der Waals surface area contributed by atoms with E-state index in [1.54, 1.807) is 12.1 Å². The van der Waals surface area contributed by atoms with E-state index in [0.717, 1.165) is 5.69 Å². The summed E-state index contributed by atoms with van der Waals surface area (Å²) in [6.45, 7) is 1.07. The first-order valence-electron chi connectivity index (χ1n) is 5.54. The number of aliphatic hydroxyl groups excluding tert-OH is 1. The van der Waals surface area contributed by atoms with Gasteiger partial charge in [-0.2, -0.15) is 0 Å². The van der Waals surface area contributed by atoms with Crippen LogP contribution in [0, 0.1) is 5.92 Å². The number of carbonyl (C=O) groups is 1. The zero-order chi connectivity index (χ0) is 12.4. The second kappa shape index (κ2) is 4.94. The van der Waals surface area contributed by atoms with Gasteiger partial charge in [-0.25, -0.2) is 0 Å². The monoisotopic (exact) mass is 254 g/mol. The number of primary amides is 1. The van der Waals surface area contributed by atoms with Crippen molar-refractivity contribution in [3.8, 4) is 0 Å². The number of β-amino-alcohol motifs (C(OH)–C–C–N with tert-alkyl or cyclic N) is 1. The number of aliphatic hydroxyl groups is 1. The van der Waals surface area contributed by atoms with Gasteiger partial charge in [0.05, 0.1) is 12.0 Å². The lowest BCUT2D eigenvalue weighted by molar-refractivity contribution is -0.123. The predicted molar refractivity (Wildman–Crippen MR) is 67.0 cm³/mol. The number of nitrogens with zero attached hydrogens (tertiary/aromatic N) is 1. The maximum atomic E-state index is 11.2. The van der Waals surface area contributed by atoms with Crippen LogP contribution < -0.4 is 10.6 Å². The van der Waals surface area contributed by atoms with Crippen LogP contribution in [0.4, 0.5) is 5.69 Å². The maximum Gasteiger partial charge on any atom is 0.222 e. The number of rotatable bonds is 2. The number of benzene rings is 1. The lowest BCUT2D eigenvalue weighted by Crippen LogP contribution is -2.47. The molecule has 0 bridgehead atoms. The van der Waals surface area contributed by atoms with E-state index in [2.05, 4.69) is 0 Å². The first-order valence-corrected chi connectivity index (χ1v) is 5.92. The van der Waals surface area contributed by atoms with Crippen LogP contribution in [0.1, 0.15) is 6.42 Å². The molecule has 1 amide bonds. The first kappa shape index (κ1) is 12.2. The van der Waals surface area contributed by atoms with Crippen molar-refractivity contribution >= 4 is 23.2 Å². The van der Waals surface area contributed by atoms with Crippen molar-refractivity contribution in [2.45, 2.75) is 12.5 Å². The van der Waals surface area contributed by atoms with Gasteiger partial charge in [-0.05, 0) is 30.7 Å². The molecule has 3 N–H and O–H groups in total. The molecule has 1 heterocycles. The standard InChI is InChI=1S/C12H15ClN2O2/c13-9-1-3-10(4-2-9)15-6-8(12(14)17)5-11(16)7-15/h1-4,8,11,16H,5-7H2,(H2,14,17). The highest BCUT2D eigenvalue weighted by atomic mass is 35.5. The quantitative estimate of drug-likeness (QED) is 0.828. The lowest BCUT2D eigenvalue weighted by atomic mass is 9.95. The molecule has 0 aromatic heterocycles. The zero-order valence-electron chi connectivity index (χ0n) is 9.34. The molecule has 0 saturated carbocycles. The summed E-state index contributed by atoms with van der Waals surface area (Å²) in [4.78, 5) is 13.2. The predicted octanol–water partition coefficient (Wildman–Crippen LogP) is 1.01. The highest BCUT2D eigenvalue weighted by Gasteiger charge is 2.29. The van der Waals surface area contributed by atoms with Gasteiger partial charge >= 0.3 is 0 Å². The second-order valence-corrected chi connectivity index (χ2v) is 4.81. The molecule has 2 rings (SSSR count). The van der Waals surface area contributed by atoms with Crippen molar-refractivity contribution in [2.75, 3.05) is 18.0 Å². The summed E-state index contributed by atoms with van der Waals surface area (Å²) in [7, 11) is 0. The van der Waals surface area contributed by atoms with E-state index < -0.39 is 6.10 Å². The Morgan fingerprint density at radius 1 is 1.35 bits per heavy atom. The van der Waals surface area contributed by atoms with Gasteiger partial charge in [-0.15, -0.1) is 0 Å². The van der Waals surface area contributed by atoms with Gasteiger partial charge in [-0.1, -0.05) is 11.6 Å². The first-order chi connectivity index (χ1) is 8.06. The lowest BCUT2D eigenvalue weighted by Gasteiger charge is -2.35. The van der Waals surface area contributed by atoms with Crippen molar-refractivity contribution in [3.05, 3.63) is 29.3 Å². The van der Waals surface area contributed by atoms with Crippen LogP contribution in [0.15, 0.2) is 24.3 Å². The molecule has 1 aliphatic heterocycles. The van der Waals surface area contributed by atoms with Crippen molar-refractivity contribution < 1.29 is 9.90 Å². The fourth-order valence-corrected chi connectivity index (χ4v) is 2.27. The average molecular weight is 255 g/mol. The van der Waals surface area contributed by atoms with Crippen molar-refractivity contribution in [2.24, 2.45) is 11.7 Å². The summed E-state index contributed by atoms with van der Waals surface area (Å²) < 4.78 is 0. The summed E-state index contributed by atoms with van der Waals surface area (Å²) in [6, 6.07) is 7.32. The molecular formula is C12H15ClN2O2. The van der Waals surface area contributed by atoms with Crippen LogP contribution in [0.5, 0.6) is 0 Å². The summed E-state index contributed by atoms with van der Waals surface area (Å²) in [5.74, 6) is -0.655. The molecule has 1 fully saturated rings. The fraction of sp³-hybridized carbons (Fsp3) is 0.417. The summed E-state index contributed by atoms with van der Waals surface area (Å²) in [5.41, 5.74) is 6.24. The molecular weight excluding hydrogens is 240 g/mol. The van der Waals surface area contributed by atoms with Crippen LogP contribution in [0.2, 0.25) is 5.02 Å². The molecule has 17 heavy (non-hydrogen) atoms. The SMILES string of the molecule is NC(=O)C1CC(O)CN(c2ccc(Cl)cc2)C1. The van der Waals surface area contributed by atoms with Gasteiger partial charge in [0.25, 0.3) is 0 Å². The molecule has 1 saturated heterocycles. The number of carbonyl (C=O) groups excluding carboxylic acids is 1. The van der Waals surface area contributed by atoms with Crippen LogP contribution in [0.3, 0.4) is 0 Å². The highest BCUT2D eigenvalue weighted by molar-refractivity contribution is 6.30. The summed E-state index contributed by atoms with van der Waals surface area (Å²) in [6.07, 6.45) is -0.0729. The fourth-order valence-electron chi connectivity index (χ4n) is 2.14. The van der Waals surface area contributed by atoms with E-state index in [0.29, 0.717) is 24.5 Å². The third kappa shape index (κ3) is 2.90. The summed E-state index contributed by atoms with van der Waals surface area (Å²) in [5, 5.41) is 10.4. The largest absolute Gasteiger partial charge is 0.391 e. The van der Waals surface area contributed by atoms with E-state index in [1.807, 2.05) is 17.0 Å². The minimum absolute atomic E-state index is 0.297. The van der Waals surface area contributed by atoms with Gasteiger partial charge in [0.15, 0.2) is 0 Å². The van der Waals surface area contributed by atoms with Crippen LogP contribution in [-0.2, 0) is 4.79 Å². The Balaban J connectivity index is 2.15. The average Bonchev–Trinajstić information content (AvgIpc) is 2.29. The number of piperidine rings is 1.